The Hall–Kier alpha value is -1.10. The van der Waals surface area contributed by atoms with E-state index >= 15 is 0 Å². The molecule has 0 fully saturated rings. The first-order chi connectivity index (χ1) is 5.74. The molecular weight excluding hydrogens is 178 g/mol. The van der Waals surface area contributed by atoms with Crippen molar-refractivity contribution in [1.82, 2.24) is 4.37 Å². The SMILES string of the molecule is CCCOC(=O)c1cc(=O)s[nH]1. The van der Waals surface area contributed by atoms with E-state index in [2.05, 4.69) is 4.37 Å². The van der Waals surface area contributed by atoms with E-state index in [-0.39, 0.29) is 10.4 Å². The topological polar surface area (TPSA) is 59.2 Å². The zero-order chi connectivity index (χ0) is 8.97. The maximum absolute atomic E-state index is 11.0. The number of ether oxygens (including phenoxy) is 1. The van der Waals surface area contributed by atoms with Crippen molar-refractivity contribution in [2.45, 2.75) is 13.3 Å². The average Bonchev–Trinajstić information content (AvgIpc) is 2.47. The molecule has 1 N–H and O–H groups in total. The van der Waals surface area contributed by atoms with Gasteiger partial charge in [-0.15, -0.1) is 0 Å². The third-order valence-corrected chi connectivity index (χ3v) is 1.82. The van der Waals surface area contributed by atoms with Crippen LogP contribution in [0, 0.1) is 0 Å². The van der Waals surface area contributed by atoms with Crippen molar-refractivity contribution in [3.05, 3.63) is 21.3 Å². The molecule has 1 aromatic rings. The van der Waals surface area contributed by atoms with Crippen LogP contribution in [0.2, 0.25) is 0 Å². The fourth-order valence-corrected chi connectivity index (χ4v) is 1.18. The minimum Gasteiger partial charge on any atom is -0.461 e. The molecule has 0 aliphatic carbocycles. The third-order valence-electron chi connectivity index (χ3n) is 1.18. The van der Waals surface area contributed by atoms with E-state index in [1.54, 1.807) is 0 Å². The van der Waals surface area contributed by atoms with E-state index in [1.165, 1.54) is 6.07 Å². The molecule has 5 heteroatoms. The number of H-pyrrole nitrogens is 1. The quantitative estimate of drug-likeness (QED) is 0.718. The van der Waals surface area contributed by atoms with Gasteiger partial charge in [0, 0.05) is 6.07 Å². The van der Waals surface area contributed by atoms with Crippen LogP contribution in [0.1, 0.15) is 23.8 Å². The van der Waals surface area contributed by atoms with Gasteiger partial charge in [0.05, 0.1) is 6.61 Å². The molecule has 66 valence electrons. The number of carbonyl (C=O) groups excluding carboxylic acids is 1. The van der Waals surface area contributed by atoms with Gasteiger partial charge in [-0.3, -0.25) is 4.79 Å². The van der Waals surface area contributed by atoms with E-state index in [0.717, 1.165) is 18.0 Å². The minimum atomic E-state index is -0.463. The van der Waals surface area contributed by atoms with Crippen LogP contribution in [0.15, 0.2) is 10.9 Å². The highest BCUT2D eigenvalue weighted by Crippen LogP contribution is 1.97. The predicted octanol–water partition coefficient (Wildman–Crippen LogP) is 1.00. The number of esters is 1. The summed E-state index contributed by atoms with van der Waals surface area (Å²) in [7, 11) is 0. The largest absolute Gasteiger partial charge is 0.461 e. The molecule has 0 aromatic carbocycles. The van der Waals surface area contributed by atoms with Gasteiger partial charge in [0.15, 0.2) is 0 Å². The predicted molar refractivity (Wildman–Crippen MR) is 45.5 cm³/mol. The second kappa shape index (κ2) is 4.06. The Kier molecular flexibility index (Phi) is 3.04. The number of rotatable bonds is 3. The second-order valence-electron chi connectivity index (χ2n) is 2.22. The van der Waals surface area contributed by atoms with Gasteiger partial charge in [-0.2, -0.15) is 0 Å². The fraction of sp³-hybridized carbons (Fsp3) is 0.429. The molecule has 0 amide bonds. The summed E-state index contributed by atoms with van der Waals surface area (Å²) in [5, 5.41) is 0. The lowest BCUT2D eigenvalue weighted by Crippen LogP contribution is -2.06. The van der Waals surface area contributed by atoms with Gasteiger partial charge in [-0.1, -0.05) is 6.92 Å². The number of nitrogens with one attached hydrogen (secondary N) is 1. The van der Waals surface area contributed by atoms with E-state index in [1.807, 2.05) is 6.92 Å². The number of carbonyl (C=O) groups is 1. The Bertz CT molecular complexity index is 314. The van der Waals surface area contributed by atoms with Crippen LogP contribution < -0.4 is 4.74 Å². The van der Waals surface area contributed by atoms with Crippen LogP contribution in [0.5, 0.6) is 0 Å². The van der Waals surface area contributed by atoms with E-state index in [0.29, 0.717) is 6.61 Å². The van der Waals surface area contributed by atoms with Gasteiger partial charge in [0.2, 0.25) is 4.74 Å². The van der Waals surface area contributed by atoms with E-state index in [4.69, 9.17) is 4.74 Å². The molecule has 0 aliphatic rings. The Morgan fingerprint density at radius 1 is 1.75 bits per heavy atom. The van der Waals surface area contributed by atoms with Crippen molar-refractivity contribution in [2.75, 3.05) is 6.61 Å². The number of hydrogen-bond acceptors (Lipinski definition) is 4. The molecule has 1 heterocycles. The molecule has 0 radical (unpaired) electrons. The average molecular weight is 187 g/mol. The normalized spacial score (nSPS) is 9.75. The molecule has 0 spiro atoms. The summed E-state index contributed by atoms with van der Waals surface area (Å²) in [6, 6.07) is 1.24. The molecule has 0 atom stereocenters. The summed E-state index contributed by atoms with van der Waals surface area (Å²) >= 11 is 0.885. The van der Waals surface area contributed by atoms with Crippen molar-refractivity contribution in [1.29, 1.82) is 0 Å². The molecule has 1 rings (SSSR count). The Labute approximate surface area is 73.3 Å². The van der Waals surface area contributed by atoms with Crippen LogP contribution in [-0.2, 0) is 4.74 Å². The first-order valence-electron chi connectivity index (χ1n) is 3.59. The van der Waals surface area contributed by atoms with Crippen LogP contribution in [0.3, 0.4) is 0 Å². The molecule has 4 nitrogen and oxygen atoms in total. The summed E-state index contributed by atoms with van der Waals surface area (Å²) in [4.78, 5) is 21.7. The zero-order valence-corrected chi connectivity index (χ0v) is 7.44. The first-order valence-corrected chi connectivity index (χ1v) is 4.41. The Morgan fingerprint density at radius 3 is 3.00 bits per heavy atom. The standard InChI is InChI=1S/C7H9NO3S/c1-2-3-11-7(10)5-4-6(9)12-8-5/h4,8H,2-3H2,1H3. The highest BCUT2D eigenvalue weighted by molar-refractivity contribution is 7.03. The van der Waals surface area contributed by atoms with Gasteiger partial charge in [0.25, 0.3) is 0 Å². The van der Waals surface area contributed by atoms with E-state index < -0.39 is 5.97 Å². The molecule has 0 saturated carbocycles. The smallest absolute Gasteiger partial charge is 0.355 e. The first kappa shape index (κ1) is 8.99. The van der Waals surface area contributed by atoms with Gasteiger partial charge in [-0.25, -0.2) is 4.79 Å². The van der Waals surface area contributed by atoms with Crippen LogP contribution >= 0.6 is 11.5 Å². The van der Waals surface area contributed by atoms with E-state index in [9.17, 15) is 9.59 Å². The zero-order valence-electron chi connectivity index (χ0n) is 6.62. The van der Waals surface area contributed by atoms with Crippen molar-refractivity contribution in [3.63, 3.8) is 0 Å². The summed E-state index contributed by atoms with van der Waals surface area (Å²) in [6.07, 6.45) is 0.778. The molecule has 0 unspecified atom stereocenters. The van der Waals surface area contributed by atoms with Gasteiger partial charge < -0.3 is 9.11 Å². The highest BCUT2D eigenvalue weighted by Gasteiger charge is 2.08. The summed E-state index contributed by atoms with van der Waals surface area (Å²) < 4.78 is 7.19. The van der Waals surface area contributed by atoms with Crippen LogP contribution in [0.4, 0.5) is 0 Å². The van der Waals surface area contributed by atoms with Gasteiger partial charge >= 0.3 is 5.97 Å². The Morgan fingerprint density at radius 2 is 2.50 bits per heavy atom. The van der Waals surface area contributed by atoms with Crippen LogP contribution in [-0.4, -0.2) is 16.9 Å². The molecule has 0 bridgehead atoms. The van der Waals surface area contributed by atoms with Gasteiger partial charge in [0.1, 0.15) is 5.69 Å². The van der Waals surface area contributed by atoms with Crippen molar-refractivity contribution < 1.29 is 9.53 Å². The molecule has 0 saturated heterocycles. The summed E-state index contributed by atoms with van der Waals surface area (Å²) in [5.41, 5.74) is 0.235. The fourth-order valence-electron chi connectivity index (χ4n) is 0.655. The summed E-state index contributed by atoms with van der Waals surface area (Å²) in [5.74, 6) is -0.463. The monoisotopic (exact) mass is 187 g/mol. The lowest BCUT2D eigenvalue weighted by atomic mass is 10.4. The Balaban J connectivity index is 2.59. The number of hydrogen-bond donors (Lipinski definition) is 1. The maximum atomic E-state index is 11.0. The molecule has 0 aliphatic heterocycles. The molecule has 12 heavy (non-hydrogen) atoms. The second-order valence-corrected chi connectivity index (χ2v) is 3.03. The van der Waals surface area contributed by atoms with Crippen molar-refractivity contribution >= 4 is 17.5 Å². The van der Waals surface area contributed by atoms with Crippen molar-refractivity contribution in [3.8, 4) is 0 Å². The van der Waals surface area contributed by atoms with Gasteiger partial charge in [-0.05, 0) is 18.0 Å². The molecular formula is C7H9NO3S. The number of aromatic amines is 1. The highest BCUT2D eigenvalue weighted by atomic mass is 32.1. The van der Waals surface area contributed by atoms with Crippen molar-refractivity contribution in [2.24, 2.45) is 0 Å². The third kappa shape index (κ3) is 2.20. The summed E-state index contributed by atoms with van der Waals surface area (Å²) in [6.45, 7) is 2.29. The lowest BCUT2D eigenvalue weighted by Gasteiger charge is -1.98. The maximum Gasteiger partial charge on any atom is 0.355 e. The molecule has 1 aromatic heterocycles. The lowest BCUT2D eigenvalue weighted by molar-refractivity contribution is 0.0499. The van der Waals surface area contributed by atoms with Crippen LogP contribution in [0.25, 0.3) is 0 Å². The minimum absolute atomic E-state index is 0.168. The number of aromatic nitrogens is 1.